The van der Waals surface area contributed by atoms with E-state index >= 15 is 0 Å². The molecule has 0 bridgehead atoms. The van der Waals surface area contributed by atoms with Crippen molar-refractivity contribution in [2.45, 2.75) is 31.1 Å². The summed E-state index contributed by atoms with van der Waals surface area (Å²) in [7, 11) is 0. The average Bonchev–Trinajstić information content (AvgIpc) is 3.45. The van der Waals surface area contributed by atoms with E-state index in [9.17, 15) is 9.59 Å². The van der Waals surface area contributed by atoms with Gasteiger partial charge in [0.2, 0.25) is 11.8 Å². The molecule has 2 N–H and O–H groups in total. The number of nitrogens with zero attached hydrogens (tertiary/aromatic N) is 1. The number of amides is 2. The minimum absolute atomic E-state index is 0.0975. The van der Waals surface area contributed by atoms with Gasteiger partial charge in [-0.05, 0) is 42.0 Å². The monoisotopic (exact) mass is 489 g/mol. The van der Waals surface area contributed by atoms with Crippen LogP contribution in [0.5, 0.6) is 0 Å². The first kappa shape index (κ1) is 22.9. The van der Waals surface area contributed by atoms with E-state index in [4.69, 9.17) is 16.3 Å². The Kier molecular flexibility index (Phi) is 7.57. The van der Waals surface area contributed by atoms with Crippen LogP contribution in [0.25, 0.3) is 0 Å². The molecule has 1 saturated heterocycles. The van der Waals surface area contributed by atoms with Crippen LogP contribution in [-0.4, -0.2) is 36.6 Å². The topological polar surface area (TPSA) is 80.3 Å². The maximum absolute atomic E-state index is 12.6. The van der Waals surface area contributed by atoms with E-state index < -0.39 is 0 Å². The molecular weight excluding hydrogens is 466 g/mol. The molecule has 4 rings (SSSR count). The van der Waals surface area contributed by atoms with Gasteiger partial charge in [0.25, 0.3) is 0 Å². The highest BCUT2D eigenvalue weighted by molar-refractivity contribution is 7.14. The highest BCUT2D eigenvalue weighted by Crippen LogP contribution is 2.35. The Morgan fingerprint density at radius 3 is 2.69 bits per heavy atom. The summed E-state index contributed by atoms with van der Waals surface area (Å²) in [4.78, 5) is 30.2. The highest BCUT2D eigenvalue weighted by atomic mass is 35.5. The average molecular weight is 490 g/mol. The fourth-order valence-corrected chi connectivity index (χ4v) is 5.44. The molecule has 0 spiro atoms. The maximum atomic E-state index is 12.6. The number of nitrogens with one attached hydrogen (secondary N) is 2. The van der Waals surface area contributed by atoms with Crippen molar-refractivity contribution in [2.75, 3.05) is 25.1 Å². The van der Waals surface area contributed by atoms with E-state index in [-0.39, 0.29) is 23.7 Å². The highest BCUT2D eigenvalue weighted by Gasteiger charge is 2.35. The van der Waals surface area contributed by atoms with Gasteiger partial charge in [-0.25, -0.2) is 4.98 Å². The van der Waals surface area contributed by atoms with E-state index in [1.807, 2.05) is 41.1 Å². The van der Waals surface area contributed by atoms with Gasteiger partial charge in [0.1, 0.15) is 0 Å². The molecule has 2 amide bonds. The van der Waals surface area contributed by atoms with Crippen LogP contribution < -0.4 is 10.6 Å². The molecule has 2 aromatic heterocycles. The summed E-state index contributed by atoms with van der Waals surface area (Å²) in [6, 6.07) is 11.7. The molecule has 1 aliphatic rings. The van der Waals surface area contributed by atoms with Gasteiger partial charge in [-0.3, -0.25) is 9.59 Å². The van der Waals surface area contributed by atoms with E-state index in [2.05, 4.69) is 21.7 Å². The molecule has 32 heavy (non-hydrogen) atoms. The first-order valence-corrected chi connectivity index (χ1v) is 12.5. The Morgan fingerprint density at radius 2 is 1.94 bits per heavy atom. The van der Waals surface area contributed by atoms with E-state index in [0.29, 0.717) is 42.0 Å². The Morgan fingerprint density at radius 1 is 1.09 bits per heavy atom. The molecule has 3 aromatic rings. The second-order valence-electron chi connectivity index (χ2n) is 7.80. The van der Waals surface area contributed by atoms with Crippen molar-refractivity contribution >= 4 is 51.2 Å². The quantitative estimate of drug-likeness (QED) is 0.490. The number of rotatable bonds is 8. The third-order valence-corrected chi connectivity index (χ3v) is 7.48. The molecule has 3 heterocycles. The smallest absolute Gasteiger partial charge is 0.231 e. The van der Waals surface area contributed by atoms with Crippen LogP contribution in [0.2, 0.25) is 5.02 Å². The number of aromatic nitrogens is 1. The third kappa shape index (κ3) is 5.95. The zero-order valence-electron chi connectivity index (χ0n) is 17.4. The molecule has 0 saturated carbocycles. The minimum Gasteiger partial charge on any atom is -0.381 e. The summed E-state index contributed by atoms with van der Waals surface area (Å²) in [5, 5.41) is 10.8. The lowest BCUT2D eigenvalue weighted by Crippen LogP contribution is -2.45. The van der Waals surface area contributed by atoms with Crippen molar-refractivity contribution in [2.24, 2.45) is 0 Å². The van der Waals surface area contributed by atoms with E-state index in [0.717, 1.165) is 23.3 Å². The van der Waals surface area contributed by atoms with Crippen LogP contribution >= 0.6 is 34.3 Å². The van der Waals surface area contributed by atoms with Gasteiger partial charge in [-0.15, -0.1) is 22.7 Å². The van der Waals surface area contributed by atoms with Crippen LogP contribution in [0, 0.1) is 0 Å². The number of hydrogen-bond donors (Lipinski definition) is 2. The summed E-state index contributed by atoms with van der Waals surface area (Å²) in [5.41, 5.74) is 1.57. The van der Waals surface area contributed by atoms with Gasteiger partial charge >= 0.3 is 0 Å². The Balaban J connectivity index is 1.32. The van der Waals surface area contributed by atoms with Gasteiger partial charge < -0.3 is 15.4 Å². The Hall–Kier alpha value is -2.26. The Labute approximate surface area is 200 Å². The molecule has 1 aliphatic heterocycles. The van der Waals surface area contributed by atoms with Gasteiger partial charge in [-0.1, -0.05) is 29.8 Å². The molecular formula is C23H24ClN3O3S2. The number of carbonyl (C=O) groups excluding carboxylic acids is 2. The molecule has 1 aromatic carbocycles. The van der Waals surface area contributed by atoms with Crippen LogP contribution in [0.1, 0.15) is 29.0 Å². The first-order valence-electron chi connectivity index (χ1n) is 10.4. The Bertz CT molecular complexity index is 1060. The predicted molar refractivity (Wildman–Crippen MR) is 129 cm³/mol. The molecule has 9 heteroatoms. The van der Waals surface area contributed by atoms with Crippen LogP contribution in [0.15, 0.2) is 47.2 Å². The number of ether oxygens (including phenoxy) is 1. The molecule has 1 fully saturated rings. The molecule has 6 nitrogen and oxygen atoms in total. The third-order valence-electron chi connectivity index (χ3n) is 5.57. The summed E-state index contributed by atoms with van der Waals surface area (Å²) < 4.78 is 5.56. The minimum atomic E-state index is -0.193. The zero-order valence-corrected chi connectivity index (χ0v) is 19.8. The molecule has 0 atom stereocenters. The maximum Gasteiger partial charge on any atom is 0.231 e. The second kappa shape index (κ2) is 10.6. The van der Waals surface area contributed by atoms with Crippen molar-refractivity contribution in [3.8, 4) is 0 Å². The number of hydrogen-bond acceptors (Lipinski definition) is 6. The summed E-state index contributed by atoms with van der Waals surface area (Å²) >= 11 is 9.09. The fourth-order valence-electron chi connectivity index (χ4n) is 3.82. The lowest BCUT2D eigenvalue weighted by atomic mass is 9.74. The number of thiazole rings is 1. The summed E-state index contributed by atoms with van der Waals surface area (Å²) in [6.45, 7) is 1.83. The van der Waals surface area contributed by atoms with Gasteiger partial charge in [0.15, 0.2) is 5.13 Å². The number of benzene rings is 1. The molecule has 168 valence electrons. The van der Waals surface area contributed by atoms with E-state index in [1.54, 1.807) is 11.3 Å². The van der Waals surface area contributed by atoms with Crippen molar-refractivity contribution in [1.29, 1.82) is 0 Å². The van der Waals surface area contributed by atoms with Crippen molar-refractivity contribution in [3.63, 3.8) is 0 Å². The van der Waals surface area contributed by atoms with Crippen LogP contribution in [0.3, 0.4) is 0 Å². The van der Waals surface area contributed by atoms with Crippen LogP contribution in [0.4, 0.5) is 5.13 Å². The van der Waals surface area contributed by atoms with Gasteiger partial charge in [0, 0.05) is 40.5 Å². The molecule has 0 aliphatic carbocycles. The normalized spacial score (nSPS) is 15.3. The fraction of sp³-hybridized carbons (Fsp3) is 0.348. The van der Waals surface area contributed by atoms with Gasteiger partial charge in [-0.2, -0.15) is 0 Å². The lowest BCUT2D eigenvalue weighted by Gasteiger charge is -2.38. The summed E-state index contributed by atoms with van der Waals surface area (Å²) in [6.07, 6.45) is 2.14. The van der Waals surface area contributed by atoms with Crippen molar-refractivity contribution in [3.05, 3.63) is 68.3 Å². The van der Waals surface area contributed by atoms with Crippen molar-refractivity contribution in [1.82, 2.24) is 10.3 Å². The lowest BCUT2D eigenvalue weighted by molar-refractivity contribution is -0.121. The molecule has 0 radical (unpaired) electrons. The van der Waals surface area contributed by atoms with E-state index in [1.165, 1.54) is 11.3 Å². The van der Waals surface area contributed by atoms with Crippen LogP contribution in [-0.2, 0) is 32.6 Å². The predicted octanol–water partition coefficient (Wildman–Crippen LogP) is 4.45. The van der Waals surface area contributed by atoms with Crippen molar-refractivity contribution < 1.29 is 14.3 Å². The number of carbonyl (C=O) groups is 2. The van der Waals surface area contributed by atoms with Gasteiger partial charge in [0.05, 0.1) is 18.5 Å². The number of anilines is 1. The zero-order chi connectivity index (χ0) is 22.4. The first-order chi connectivity index (χ1) is 15.5. The standard InChI is InChI=1S/C23H24ClN3O3S2/c24-17-4-1-3-16(11-17)23(6-8-30-9-7-23)15-25-20(28)12-18-14-32-22(26-18)27-21(29)13-19-5-2-10-31-19/h1-5,10-11,14H,6-9,12-13,15H2,(H,25,28)(H,26,27,29). The number of thiophene rings is 1. The molecule has 0 unspecified atom stereocenters. The largest absolute Gasteiger partial charge is 0.381 e. The number of halogens is 1. The second-order valence-corrected chi connectivity index (χ2v) is 10.1. The SMILES string of the molecule is O=C(Cc1csc(NC(=O)Cc2cccs2)n1)NCC1(c2cccc(Cl)c2)CCOCC1. The summed E-state index contributed by atoms with van der Waals surface area (Å²) in [5.74, 6) is -0.208.